The highest BCUT2D eigenvalue weighted by Gasteiger charge is 2.34. The Morgan fingerprint density at radius 1 is 1.26 bits per heavy atom. The monoisotopic (exact) mass is 266 g/mol. The van der Waals surface area contributed by atoms with E-state index in [0.29, 0.717) is 5.41 Å². The van der Waals surface area contributed by atoms with Gasteiger partial charge in [-0.1, -0.05) is 27.7 Å². The van der Waals surface area contributed by atoms with Crippen LogP contribution in [0.25, 0.3) is 0 Å². The molecule has 1 saturated carbocycles. The van der Waals surface area contributed by atoms with Crippen LogP contribution in [0.1, 0.15) is 59.8 Å². The lowest BCUT2D eigenvalue weighted by molar-refractivity contribution is 0.153. The molecule has 0 aromatic rings. The van der Waals surface area contributed by atoms with Crippen molar-refractivity contribution in [3.8, 4) is 0 Å². The van der Waals surface area contributed by atoms with Crippen LogP contribution >= 0.6 is 0 Å². The van der Waals surface area contributed by atoms with Crippen molar-refractivity contribution in [2.45, 2.75) is 65.8 Å². The van der Waals surface area contributed by atoms with Crippen molar-refractivity contribution >= 4 is 0 Å². The van der Waals surface area contributed by atoms with Gasteiger partial charge in [-0.05, 0) is 62.4 Å². The molecule has 0 amide bonds. The van der Waals surface area contributed by atoms with Crippen LogP contribution in [-0.4, -0.2) is 37.1 Å². The largest absolute Gasteiger partial charge is 0.314 e. The highest BCUT2D eigenvalue weighted by atomic mass is 15.2. The molecule has 2 nitrogen and oxygen atoms in total. The first-order chi connectivity index (χ1) is 9.00. The summed E-state index contributed by atoms with van der Waals surface area (Å²) in [6, 6.07) is 0.778. The molecule has 1 aliphatic carbocycles. The third-order valence-corrected chi connectivity index (χ3v) is 5.15. The Bertz CT molecular complexity index is 272. The van der Waals surface area contributed by atoms with Crippen molar-refractivity contribution in [2.75, 3.05) is 26.2 Å². The molecule has 112 valence electrons. The molecule has 2 rings (SSSR count). The predicted octanol–water partition coefficient (Wildman–Crippen LogP) is 3.52. The molecule has 19 heavy (non-hydrogen) atoms. The van der Waals surface area contributed by atoms with Gasteiger partial charge < -0.3 is 10.2 Å². The van der Waals surface area contributed by atoms with Gasteiger partial charge in [-0.2, -0.15) is 0 Å². The standard InChI is InChI=1S/C17H34N2/c1-5-9-18-16-7-6-14(2)11-15(16)12-19-10-8-17(3,4)13-19/h14-16,18H,5-13H2,1-4H3. The molecule has 1 saturated heterocycles. The minimum absolute atomic E-state index is 0.548. The van der Waals surface area contributed by atoms with E-state index in [1.165, 1.54) is 58.3 Å². The van der Waals surface area contributed by atoms with Gasteiger partial charge in [-0.15, -0.1) is 0 Å². The minimum Gasteiger partial charge on any atom is -0.314 e. The van der Waals surface area contributed by atoms with Gasteiger partial charge >= 0.3 is 0 Å². The SMILES string of the molecule is CCCNC1CCC(C)CC1CN1CCC(C)(C)C1. The Balaban J connectivity index is 1.87. The molecular weight excluding hydrogens is 232 g/mol. The van der Waals surface area contributed by atoms with Crippen molar-refractivity contribution < 1.29 is 0 Å². The molecular formula is C17H34N2. The fraction of sp³-hybridized carbons (Fsp3) is 1.00. The second-order valence-corrected chi connectivity index (χ2v) is 7.89. The first-order valence-corrected chi connectivity index (χ1v) is 8.46. The lowest BCUT2D eigenvalue weighted by Crippen LogP contribution is -2.45. The molecule has 3 atom stereocenters. The Morgan fingerprint density at radius 2 is 2.05 bits per heavy atom. The summed E-state index contributed by atoms with van der Waals surface area (Å²) in [5, 5.41) is 3.81. The molecule has 0 radical (unpaired) electrons. The van der Waals surface area contributed by atoms with E-state index in [9.17, 15) is 0 Å². The molecule has 0 aromatic carbocycles. The molecule has 2 heteroatoms. The second-order valence-electron chi connectivity index (χ2n) is 7.89. The number of nitrogens with zero attached hydrogens (tertiary/aromatic N) is 1. The van der Waals surface area contributed by atoms with E-state index in [0.717, 1.165) is 17.9 Å². The zero-order valence-corrected chi connectivity index (χ0v) is 13.5. The quantitative estimate of drug-likeness (QED) is 0.819. The fourth-order valence-electron chi connectivity index (χ4n) is 4.01. The number of hydrogen-bond donors (Lipinski definition) is 1. The summed E-state index contributed by atoms with van der Waals surface area (Å²) in [7, 11) is 0. The number of likely N-dealkylation sites (tertiary alicyclic amines) is 1. The molecule has 1 heterocycles. The summed E-state index contributed by atoms with van der Waals surface area (Å²) in [5.41, 5.74) is 0.548. The molecule has 2 fully saturated rings. The number of rotatable bonds is 5. The lowest BCUT2D eigenvalue weighted by Gasteiger charge is -2.38. The summed E-state index contributed by atoms with van der Waals surface area (Å²) in [6.07, 6.45) is 6.88. The molecule has 1 aliphatic heterocycles. The zero-order valence-electron chi connectivity index (χ0n) is 13.5. The third-order valence-electron chi connectivity index (χ3n) is 5.15. The molecule has 3 unspecified atom stereocenters. The van der Waals surface area contributed by atoms with Crippen LogP contribution in [0, 0.1) is 17.3 Å². The maximum absolute atomic E-state index is 3.81. The highest BCUT2D eigenvalue weighted by molar-refractivity contribution is 4.89. The van der Waals surface area contributed by atoms with Crippen molar-refractivity contribution in [3.63, 3.8) is 0 Å². The van der Waals surface area contributed by atoms with E-state index in [2.05, 4.69) is 37.9 Å². The summed E-state index contributed by atoms with van der Waals surface area (Å²) in [4.78, 5) is 2.73. The zero-order chi connectivity index (χ0) is 13.9. The van der Waals surface area contributed by atoms with E-state index in [-0.39, 0.29) is 0 Å². The molecule has 0 bridgehead atoms. The highest BCUT2D eigenvalue weighted by Crippen LogP contribution is 2.33. The average Bonchev–Trinajstić information content (AvgIpc) is 2.68. The van der Waals surface area contributed by atoms with Gasteiger partial charge in [0, 0.05) is 19.1 Å². The van der Waals surface area contributed by atoms with Crippen LogP contribution in [0.5, 0.6) is 0 Å². The van der Waals surface area contributed by atoms with Crippen LogP contribution in [0.2, 0.25) is 0 Å². The van der Waals surface area contributed by atoms with Crippen LogP contribution in [0.15, 0.2) is 0 Å². The minimum atomic E-state index is 0.548. The van der Waals surface area contributed by atoms with Crippen molar-refractivity contribution in [3.05, 3.63) is 0 Å². The first kappa shape index (κ1) is 15.3. The third kappa shape index (κ3) is 4.46. The Hall–Kier alpha value is -0.0800. The summed E-state index contributed by atoms with van der Waals surface area (Å²) in [5.74, 6) is 1.81. The van der Waals surface area contributed by atoms with Gasteiger partial charge in [-0.25, -0.2) is 0 Å². The molecule has 0 aromatic heterocycles. The summed E-state index contributed by atoms with van der Waals surface area (Å²) < 4.78 is 0. The maximum atomic E-state index is 3.81. The van der Waals surface area contributed by atoms with Crippen LogP contribution in [0.3, 0.4) is 0 Å². The van der Waals surface area contributed by atoms with Gasteiger partial charge in [0.15, 0.2) is 0 Å². The first-order valence-electron chi connectivity index (χ1n) is 8.46. The predicted molar refractivity (Wildman–Crippen MR) is 83.4 cm³/mol. The number of nitrogens with one attached hydrogen (secondary N) is 1. The van der Waals surface area contributed by atoms with Crippen molar-refractivity contribution in [2.24, 2.45) is 17.3 Å². The van der Waals surface area contributed by atoms with Crippen LogP contribution in [0.4, 0.5) is 0 Å². The van der Waals surface area contributed by atoms with Gasteiger partial charge in [0.2, 0.25) is 0 Å². The van der Waals surface area contributed by atoms with Crippen LogP contribution in [-0.2, 0) is 0 Å². The van der Waals surface area contributed by atoms with Crippen LogP contribution < -0.4 is 5.32 Å². The van der Waals surface area contributed by atoms with E-state index < -0.39 is 0 Å². The molecule has 1 N–H and O–H groups in total. The summed E-state index contributed by atoms with van der Waals surface area (Å²) >= 11 is 0. The maximum Gasteiger partial charge on any atom is 0.0108 e. The Morgan fingerprint density at radius 3 is 2.68 bits per heavy atom. The Kier molecular flexibility index (Phi) is 5.30. The number of hydrogen-bond acceptors (Lipinski definition) is 2. The summed E-state index contributed by atoms with van der Waals surface area (Å²) in [6.45, 7) is 14.7. The molecule has 0 spiro atoms. The molecule has 2 aliphatic rings. The van der Waals surface area contributed by atoms with E-state index >= 15 is 0 Å². The second kappa shape index (κ2) is 6.58. The lowest BCUT2D eigenvalue weighted by atomic mass is 9.78. The van der Waals surface area contributed by atoms with Gasteiger partial charge in [0.05, 0.1) is 0 Å². The van der Waals surface area contributed by atoms with Gasteiger partial charge in [-0.3, -0.25) is 0 Å². The fourth-order valence-corrected chi connectivity index (χ4v) is 4.01. The van der Waals surface area contributed by atoms with E-state index in [1.807, 2.05) is 0 Å². The van der Waals surface area contributed by atoms with Crippen molar-refractivity contribution in [1.82, 2.24) is 10.2 Å². The van der Waals surface area contributed by atoms with E-state index in [4.69, 9.17) is 0 Å². The van der Waals surface area contributed by atoms with Gasteiger partial charge in [0.1, 0.15) is 0 Å². The average molecular weight is 266 g/mol. The topological polar surface area (TPSA) is 15.3 Å². The normalized spacial score (nSPS) is 35.7. The van der Waals surface area contributed by atoms with E-state index in [1.54, 1.807) is 0 Å². The van der Waals surface area contributed by atoms with Gasteiger partial charge in [0.25, 0.3) is 0 Å². The Labute approximate surface area is 120 Å². The van der Waals surface area contributed by atoms with Crippen molar-refractivity contribution in [1.29, 1.82) is 0 Å². The smallest absolute Gasteiger partial charge is 0.0108 e.